The van der Waals surface area contributed by atoms with Crippen LogP contribution in [0.3, 0.4) is 0 Å². The van der Waals surface area contributed by atoms with Crippen LogP contribution in [0.15, 0.2) is 59.5 Å². The zero-order valence-corrected chi connectivity index (χ0v) is 18.7. The summed E-state index contributed by atoms with van der Waals surface area (Å²) in [4.78, 5) is 31.8. The summed E-state index contributed by atoms with van der Waals surface area (Å²) in [5.74, 6) is 2.43. The Morgan fingerprint density at radius 3 is 2.64 bits per heavy atom. The van der Waals surface area contributed by atoms with E-state index in [1.807, 2.05) is 22.8 Å². The van der Waals surface area contributed by atoms with Gasteiger partial charge in [0.05, 0.1) is 26.1 Å². The lowest BCUT2D eigenvalue weighted by atomic mass is 9.83. The minimum Gasteiger partial charge on any atom is -0.493 e. The summed E-state index contributed by atoms with van der Waals surface area (Å²) < 4.78 is 12.4. The quantitative estimate of drug-likeness (QED) is 0.648. The Labute approximate surface area is 191 Å². The number of carbonyl (C=O) groups is 1. The van der Waals surface area contributed by atoms with Gasteiger partial charge in [0.15, 0.2) is 11.5 Å². The van der Waals surface area contributed by atoms with Gasteiger partial charge in [-0.3, -0.25) is 9.59 Å². The van der Waals surface area contributed by atoms with E-state index in [2.05, 4.69) is 21.3 Å². The van der Waals surface area contributed by atoms with Crippen molar-refractivity contribution in [3.63, 3.8) is 0 Å². The Morgan fingerprint density at radius 1 is 1.03 bits per heavy atom. The number of aromatic nitrogens is 2. The minimum absolute atomic E-state index is 0.0864. The number of piperidine rings is 1. The van der Waals surface area contributed by atoms with Crippen LogP contribution in [-0.2, 0) is 6.54 Å². The molecule has 1 aromatic carbocycles. The van der Waals surface area contributed by atoms with Crippen molar-refractivity contribution >= 4 is 17.4 Å². The standard InChI is InChI=1S/C25H26N4O4/c1-32-21-8-6-17(11-22(21)33-2)25(31)27-19-7-9-23(26-12-19)28-13-16-10-18(15-28)20-4-3-5-24(30)29(20)14-16/h3-9,11-12,16,18H,10,13-15H2,1-2H3,(H,27,31)/t16-,18-/m0/s1. The van der Waals surface area contributed by atoms with Gasteiger partial charge in [0.25, 0.3) is 11.5 Å². The number of hydrogen-bond donors (Lipinski definition) is 1. The first kappa shape index (κ1) is 21.1. The molecule has 4 heterocycles. The molecule has 0 saturated carbocycles. The number of amides is 1. The molecule has 33 heavy (non-hydrogen) atoms. The zero-order chi connectivity index (χ0) is 22.9. The number of pyridine rings is 2. The lowest BCUT2D eigenvalue weighted by Crippen LogP contribution is -2.47. The van der Waals surface area contributed by atoms with E-state index in [0.29, 0.717) is 34.6 Å². The van der Waals surface area contributed by atoms with Crippen molar-refractivity contribution in [1.82, 2.24) is 9.55 Å². The highest BCUT2D eigenvalue weighted by molar-refractivity contribution is 6.04. The molecule has 3 aromatic rings. The van der Waals surface area contributed by atoms with E-state index >= 15 is 0 Å². The number of carbonyl (C=O) groups excluding carboxylic acids is 1. The number of hydrogen-bond acceptors (Lipinski definition) is 6. The molecule has 1 amide bonds. The summed E-state index contributed by atoms with van der Waals surface area (Å²) >= 11 is 0. The first-order chi connectivity index (χ1) is 16.1. The van der Waals surface area contributed by atoms with Crippen LogP contribution in [0.2, 0.25) is 0 Å². The van der Waals surface area contributed by atoms with E-state index in [1.54, 1.807) is 37.6 Å². The highest BCUT2D eigenvalue weighted by atomic mass is 16.5. The van der Waals surface area contributed by atoms with E-state index in [-0.39, 0.29) is 11.5 Å². The molecular weight excluding hydrogens is 420 g/mol. The number of anilines is 2. The topological polar surface area (TPSA) is 85.7 Å². The van der Waals surface area contributed by atoms with Crippen LogP contribution in [0, 0.1) is 5.92 Å². The molecule has 8 nitrogen and oxygen atoms in total. The van der Waals surface area contributed by atoms with E-state index < -0.39 is 0 Å². The summed E-state index contributed by atoms with van der Waals surface area (Å²) in [5, 5.41) is 2.88. The van der Waals surface area contributed by atoms with Crippen LogP contribution in [0.25, 0.3) is 0 Å². The third-order valence-corrected chi connectivity index (χ3v) is 6.46. The van der Waals surface area contributed by atoms with E-state index in [0.717, 1.165) is 37.6 Å². The summed E-state index contributed by atoms with van der Waals surface area (Å²) in [6.07, 6.45) is 2.77. The molecule has 2 aliphatic rings. The zero-order valence-electron chi connectivity index (χ0n) is 18.7. The van der Waals surface area contributed by atoms with Crippen LogP contribution >= 0.6 is 0 Å². The summed E-state index contributed by atoms with van der Waals surface area (Å²) in [7, 11) is 3.09. The average Bonchev–Trinajstić information content (AvgIpc) is 2.84. The molecule has 1 saturated heterocycles. The number of nitrogens with one attached hydrogen (secondary N) is 1. The fraction of sp³-hybridized carbons (Fsp3) is 0.320. The van der Waals surface area contributed by atoms with Gasteiger partial charge in [-0.25, -0.2) is 4.98 Å². The van der Waals surface area contributed by atoms with Crippen LogP contribution in [0.1, 0.15) is 28.4 Å². The predicted molar refractivity (Wildman–Crippen MR) is 125 cm³/mol. The van der Waals surface area contributed by atoms with Crippen LogP contribution < -0.4 is 25.2 Å². The van der Waals surface area contributed by atoms with Gasteiger partial charge in [0, 0.05) is 42.9 Å². The maximum atomic E-state index is 12.7. The predicted octanol–water partition coefficient (Wildman–Crippen LogP) is 3.14. The molecule has 1 N–H and O–H groups in total. The van der Waals surface area contributed by atoms with Gasteiger partial charge in [0.2, 0.25) is 0 Å². The summed E-state index contributed by atoms with van der Waals surface area (Å²) in [6.45, 7) is 2.44. The Balaban J connectivity index is 1.29. The molecule has 0 radical (unpaired) electrons. The Bertz CT molecular complexity index is 1240. The third-order valence-electron chi connectivity index (χ3n) is 6.46. The van der Waals surface area contributed by atoms with Crippen molar-refractivity contribution in [2.45, 2.75) is 18.9 Å². The smallest absolute Gasteiger partial charge is 0.255 e. The second kappa shape index (κ2) is 8.61. The van der Waals surface area contributed by atoms with Gasteiger partial charge in [0.1, 0.15) is 5.82 Å². The van der Waals surface area contributed by atoms with Crippen LogP contribution in [-0.4, -0.2) is 42.8 Å². The molecule has 170 valence electrons. The molecule has 8 heteroatoms. The number of rotatable bonds is 5. The second-order valence-corrected chi connectivity index (χ2v) is 8.53. The SMILES string of the molecule is COc1ccc(C(=O)Nc2ccc(N3C[C@@H]4C[C@@H](C3)c3cccc(=O)n3C4)nc2)cc1OC. The summed E-state index contributed by atoms with van der Waals surface area (Å²) in [6, 6.07) is 14.4. The molecular formula is C25H26N4O4. The maximum Gasteiger partial charge on any atom is 0.255 e. The maximum absolute atomic E-state index is 12.7. The molecule has 0 unspecified atom stereocenters. The third kappa shape index (κ3) is 4.04. The van der Waals surface area contributed by atoms with Gasteiger partial charge in [-0.1, -0.05) is 6.07 Å². The molecule has 0 aliphatic carbocycles. The number of benzene rings is 1. The van der Waals surface area contributed by atoms with E-state index in [1.165, 1.54) is 7.11 Å². The highest BCUT2D eigenvalue weighted by Crippen LogP contribution is 2.36. The van der Waals surface area contributed by atoms with Gasteiger partial charge in [-0.05, 0) is 48.7 Å². The van der Waals surface area contributed by atoms with E-state index in [4.69, 9.17) is 9.47 Å². The Morgan fingerprint density at radius 2 is 1.88 bits per heavy atom. The van der Waals surface area contributed by atoms with Crippen LogP contribution in [0.5, 0.6) is 11.5 Å². The second-order valence-electron chi connectivity index (χ2n) is 8.53. The Kier molecular flexibility index (Phi) is 5.50. The lowest BCUT2D eigenvalue weighted by molar-refractivity contribution is 0.102. The van der Waals surface area contributed by atoms with E-state index in [9.17, 15) is 9.59 Å². The largest absolute Gasteiger partial charge is 0.493 e. The molecule has 5 rings (SSSR count). The van der Waals surface area contributed by atoms with Crippen molar-refractivity contribution in [3.8, 4) is 11.5 Å². The number of nitrogens with zero attached hydrogens (tertiary/aromatic N) is 3. The molecule has 2 atom stereocenters. The molecule has 2 aromatic heterocycles. The normalized spacial score (nSPS) is 18.9. The van der Waals surface area contributed by atoms with Gasteiger partial charge in [-0.2, -0.15) is 0 Å². The minimum atomic E-state index is -0.250. The van der Waals surface area contributed by atoms with Crippen molar-refractivity contribution < 1.29 is 14.3 Å². The lowest BCUT2D eigenvalue weighted by Gasteiger charge is -2.43. The van der Waals surface area contributed by atoms with Gasteiger partial charge >= 0.3 is 0 Å². The van der Waals surface area contributed by atoms with Crippen LogP contribution in [0.4, 0.5) is 11.5 Å². The number of ether oxygens (including phenoxy) is 2. The van der Waals surface area contributed by atoms with Crippen molar-refractivity contribution in [1.29, 1.82) is 0 Å². The van der Waals surface area contributed by atoms with Gasteiger partial charge < -0.3 is 24.3 Å². The highest BCUT2D eigenvalue weighted by Gasteiger charge is 2.34. The fourth-order valence-electron chi connectivity index (χ4n) is 4.91. The average molecular weight is 447 g/mol. The first-order valence-electron chi connectivity index (χ1n) is 11.0. The number of fused-ring (bicyclic) bond motifs is 4. The summed E-state index contributed by atoms with van der Waals surface area (Å²) in [5.41, 5.74) is 2.28. The van der Waals surface area contributed by atoms with Crippen molar-refractivity contribution in [2.75, 3.05) is 37.5 Å². The first-order valence-corrected chi connectivity index (χ1v) is 11.0. The molecule has 2 bridgehead atoms. The molecule has 2 aliphatic heterocycles. The molecule has 1 fully saturated rings. The van der Waals surface area contributed by atoms with Crippen molar-refractivity contribution in [3.05, 3.63) is 76.3 Å². The number of methoxy groups -OCH3 is 2. The molecule has 0 spiro atoms. The Hall–Kier alpha value is -3.81. The van der Waals surface area contributed by atoms with Gasteiger partial charge in [-0.15, -0.1) is 0 Å². The van der Waals surface area contributed by atoms with Crippen molar-refractivity contribution in [2.24, 2.45) is 5.92 Å². The monoisotopic (exact) mass is 446 g/mol. The fourth-order valence-corrected chi connectivity index (χ4v) is 4.91.